The highest BCUT2D eigenvalue weighted by molar-refractivity contribution is 5.42. The molecule has 2 rings (SSSR count). The zero-order valence-corrected chi connectivity index (χ0v) is 8.97. The molecule has 86 valence electrons. The number of fused-ring (bicyclic) bond motifs is 1. The number of aromatic amines is 1. The standard InChI is InChI=1S/C9H14N6O/c1-2-6(10)5-11-7-3-4-8-12-13-9(16)15(8)14-7/h3-4,6H,2,5,10H2,1H3,(H,11,14)(H,13,16). The molecule has 7 nitrogen and oxygen atoms in total. The summed E-state index contributed by atoms with van der Waals surface area (Å²) in [6.07, 6.45) is 0.890. The van der Waals surface area contributed by atoms with Gasteiger partial charge in [0, 0.05) is 12.6 Å². The summed E-state index contributed by atoms with van der Waals surface area (Å²) >= 11 is 0. The molecule has 7 heteroatoms. The summed E-state index contributed by atoms with van der Waals surface area (Å²) in [5.74, 6) is 0.611. The van der Waals surface area contributed by atoms with Crippen molar-refractivity contribution < 1.29 is 0 Å². The molecule has 2 aromatic heterocycles. The van der Waals surface area contributed by atoms with Gasteiger partial charge in [0.25, 0.3) is 0 Å². The first-order valence-corrected chi connectivity index (χ1v) is 5.14. The molecule has 0 saturated heterocycles. The van der Waals surface area contributed by atoms with Crippen LogP contribution in [0.3, 0.4) is 0 Å². The van der Waals surface area contributed by atoms with Gasteiger partial charge >= 0.3 is 5.69 Å². The fourth-order valence-corrected chi connectivity index (χ4v) is 1.28. The molecule has 0 saturated carbocycles. The number of aromatic nitrogens is 4. The van der Waals surface area contributed by atoms with E-state index in [2.05, 4.69) is 20.6 Å². The van der Waals surface area contributed by atoms with Gasteiger partial charge in [0.15, 0.2) is 5.65 Å². The van der Waals surface area contributed by atoms with Crippen LogP contribution in [-0.2, 0) is 0 Å². The lowest BCUT2D eigenvalue weighted by Crippen LogP contribution is -2.28. The van der Waals surface area contributed by atoms with Crippen LogP contribution in [-0.4, -0.2) is 32.4 Å². The van der Waals surface area contributed by atoms with E-state index in [-0.39, 0.29) is 11.7 Å². The molecule has 2 aromatic rings. The summed E-state index contributed by atoms with van der Waals surface area (Å²) in [7, 11) is 0. The van der Waals surface area contributed by atoms with E-state index in [0.29, 0.717) is 18.0 Å². The van der Waals surface area contributed by atoms with E-state index < -0.39 is 0 Å². The highest BCUT2D eigenvalue weighted by atomic mass is 16.2. The van der Waals surface area contributed by atoms with Crippen LogP contribution in [0, 0.1) is 0 Å². The average molecular weight is 222 g/mol. The zero-order valence-electron chi connectivity index (χ0n) is 8.97. The lowest BCUT2D eigenvalue weighted by atomic mass is 10.2. The van der Waals surface area contributed by atoms with Crippen LogP contribution in [0.4, 0.5) is 5.82 Å². The fraction of sp³-hybridized carbons (Fsp3) is 0.444. The first-order valence-electron chi connectivity index (χ1n) is 5.14. The summed E-state index contributed by atoms with van der Waals surface area (Å²) in [5.41, 5.74) is 5.91. The van der Waals surface area contributed by atoms with Crippen molar-refractivity contribution >= 4 is 11.5 Å². The van der Waals surface area contributed by atoms with Crippen molar-refractivity contribution in [1.82, 2.24) is 19.8 Å². The van der Waals surface area contributed by atoms with Gasteiger partial charge in [-0.25, -0.2) is 9.89 Å². The largest absolute Gasteiger partial charge is 0.367 e. The summed E-state index contributed by atoms with van der Waals surface area (Å²) in [5, 5.41) is 13.3. The van der Waals surface area contributed by atoms with Crippen LogP contribution in [0.1, 0.15) is 13.3 Å². The number of nitrogens with two attached hydrogens (primary N) is 1. The van der Waals surface area contributed by atoms with Crippen LogP contribution >= 0.6 is 0 Å². The number of anilines is 1. The van der Waals surface area contributed by atoms with Gasteiger partial charge in [-0.1, -0.05) is 6.92 Å². The Bertz CT molecular complexity index is 530. The molecule has 16 heavy (non-hydrogen) atoms. The second kappa shape index (κ2) is 4.31. The molecule has 0 spiro atoms. The van der Waals surface area contributed by atoms with Crippen LogP contribution in [0.15, 0.2) is 16.9 Å². The highest BCUT2D eigenvalue weighted by Gasteiger charge is 2.03. The molecule has 1 unspecified atom stereocenters. The number of rotatable bonds is 4. The molecular weight excluding hydrogens is 208 g/mol. The second-order valence-electron chi connectivity index (χ2n) is 3.57. The highest BCUT2D eigenvalue weighted by Crippen LogP contribution is 2.02. The molecule has 0 radical (unpaired) electrons. The smallest absolute Gasteiger partial charge is 0.364 e. The Morgan fingerprint density at radius 2 is 2.44 bits per heavy atom. The number of hydrogen-bond acceptors (Lipinski definition) is 5. The van der Waals surface area contributed by atoms with E-state index in [9.17, 15) is 4.79 Å². The first kappa shape index (κ1) is 10.6. The Kier molecular flexibility index (Phi) is 2.86. The van der Waals surface area contributed by atoms with E-state index in [1.54, 1.807) is 12.1 Å². The lowest BCUT2D eigenvalue weighted by molar-refractivity contribution is 0.676. The van der Waals surface area contributed by atoms with E-state index in [0.717, 1.165) is 6.42 Å². The Morgan fingerprint density at radius 1 is 1.62 bits per heavy atom. The summed E-state index contributed by atoms with van der Waals surface area (Å²) < 4.78 is 1.21. The van der Waals surface area contributed by atoms with Crippen molar-refractivity contribution in [3.63, 3.8) is 0 Å². The van der Waals surface area contributed by atoms with Crippen LogP contribution in [0.5, 0.6) is 0 Å². The minimum Gasteiger partial charge on any atom is -0.367 e. The maximum absolute atomic E-state index is 11.3. The SMILES string of the molecule is CCC(N)CNc1ccc2n[nH]c(=O)n2n1. The van der Waals surface area contributed by atoms with Gasteiger partial charge in [-0.05, 0) is 18.6 Å². The number of nitrogens with zero attached hydrogens (tertiary/aromatic N) is 3. The molecule has 0 fully saturated rings. The van der Waals surface area contributed by atoms with Gasteiger partial charge in [0.2, 0.25) is 0 Å². The van der Waals surface area contributed by atoms with E-state index in [1.165, 1.54) is 4.52 Å². The molecule has 0 aliphatic carbocycles. The van der Waals surface area contributed by atoms with Crippen LogP contribution in [0.25, 0.3) is 5.65 Å². The van der Waals surface area contributed by atoms with Crippen molar-refractivity contribution in [2.24, 2.45) is 5.73 Å². The monoisotopic (exact) mass is 222 g/mol. The fourth-order valence-electron chi connectivity index (χ4n) is 1.28. The molecular formula is C9H14N6O. The molecule has 2 heterocycles. The number of H-pyrrole nitrogens is 1. The average Bonchev–Trinajstić information content (AvgIpc) is 2.68. The molecule has 4 N–H and O–H groups in total. The normalized spacial score (nSPS) is 12.9. The van der Waals surface area contributed by atoms with Gasteiger partial charge in [-0.3, -0.25) is 0 Å². The Labute approximate surface area is 91.7 Å². The minimum atomic E-state index is -0.349. The van der Waals surface area contributed by atoms with E-state index >= 15 is 0 Å². The predicted molar refractivity (Wildman–Crippen MR) is 60.4 cm³/mol. The minimum absolute atomic E-state index is 0.0820. The van der Waals surface area contributed by atoms with Gasteiger partial charge in [-0.15, -0.1) is 5.10 Å². The third-order valence-corrected chi connectivity index (χ3v) is 2.34. The maximum atomic E-state index is 11.3. The van der Waals surface area contributed by atoms with E-state index in [1.807, 2.05) is 6.92 Å². The molecule has 0 aliphatic rings. The van der Waals surface area contributed by atoms with Crippen molar-refractivity contribution in [3.05, 3.63) is 22.6 Å². The van der Waals surface area contributed by atoms with Crippen molar-refractivity contribution in [2.75, 3.05) is 11.9 Å². The van der Waals surface area contributed by atoms with Crippen molar-refractivity contribution in [3.8, 4) is 0 Å². The summed E-state index contributed by atoms with van der Waals surface area (Å²) in [6.45, 7) is 2.64. The van der Waals surface area contributed by atoms with Crippen molar-refractivity contribution in [2.45, 2.75) is 19.4 Å². The van der Waals surface area contributed by atoms with Gasteiger partial charge in [-0.2, -0.15) is 9.61 Å². The van der Waals surface area contributed by atoms with Gasteiger partial charge in [0.05, 0.1) is 0 Å². The zero-order chi connectivity index (χ0) is 11.5. The number of nitrogens with one attached hydrogen (secondary N) is 2. The van der Waals surface area contributed by atoms with Crippen LogP contribution in [0.2, 0.25) is 0 Å². The van der Waals surface area contributed by atoms with Gasteiger partial charge < -0.3 is 11.1 Å². The molecule has 0 aliphatic heterocycles. The molecule has 1 atom stereocenters. The maximum Gasteiger partial charge on any atom is 0.364 e. The molecule has 0 aromatic carbocycles. The number of hydrogen-bond donors (Lipinski definition) is 3. The summed E-state index contributed by atoms with van der Waals surface area (Å²) in [4.78, 5) is 11.3. The van der Waals surface area contributed by atoms with E-state index in [4.69, 9.17) is 5.73 Å². The Morgan fingerprint density at radius 3 is 3.19 bits per heavy atom. The molecule has 0 amide bonds. The molecule has 0 bridgehead atoms. The summed E-state index contributed by atoms with van der Waals surface area (Å²) in [6, 6.07) is 3.56. The van der Waals surface area contributed by atoms with Gasteiger partial charge in [0.1, 0.15) is 5.82 Å². The van der Waals surface area contributed by atoms with Crippen molar-refractivity contribution in [1.29, 1.82) is 0 Å². The Hall–Kier alpha value is -1.89. The Balaban J connectivity index is 2.19. The third kappa shape index (κ3) is 2.03. The predicted octanol–water partition coefficient (Wildman–Crippen LogP) is -0.433. The lowest BCUT2D eigenvalue weighted by Gasteiger charge is -2.10. The first-order chi connectivity index (χ1) is 7.70. The van der Waals surface area contributed by atoms with Crippen LogP contribution < -0.4 is 16.7 Å². The quantitative estimate of drug-likeness (QED) is 0.651. The topological polar surface area (TPSA) is 101 Å². The third-order valence-electron chi connectivity index (χ3n) is 2.34. The second-order valence-corrected chi connectivity index (χ2v) is 3.57.